The Morgan fingerprint density at radius 2 is 1.12 bits per heavy atom. The Morgan fingerprint density at radius 3 is 1.42 bits per heavy atom. The molecule has 1 fully saturated rings. The second-order valence-corrected chi connectivity index (χ2v) is 7.06. The van der Waals surface area contributed by atoms with E-state index in [0.29, 0.717) is 20.1 Å². The third kappa shape index (κ3) is 3.55. The van der Waals surface area contributed by atoms with Gasteiger partial charge in [0.05, 0.1) is 0 Å². The Bertz CT molecular complexity index is 916. The lowest BCUT2D eigenvalue weighted by molar-refractivity contribution is -0.0875. The molecule has 0 aromatic heterocycles. The summed E-state index contributed by atoms with van der Waals surface area (Å²) < 4.78 is 41.0. The van der Waals surface area contributed by atoms with Gasteiger partial charge in [-0.05, 0) is 43.0 Å². The molecule has 0 spiro atoms. The van der Waals surface area contributed by atoms with Gasteiger partial charge in [-0.2, -0.15) is 18.4 Å². The minimum Gasteiger partial charge on any atom is -0.192 e. The molecule has 2 aromatic rings. The van der Waals surface area contributed by atoms with Crippen LogP contribution >= 0.6 is 31.9 Å². The molecule has 2 aromatic carbocycles. The summed E-state index contributed by atoms with van der Waals surface area (Å²) in [6.07, 6.45) is -4.72. The Kier molecular flexibility index (Phi) is 5.22. The van der Waals surface area contributed by atoms with Crippen molar-refractivity contribution in [1.29, 1.82) is 5.26 Å². The lowest BCUT2D eigenvalue weighted by Crippen LogP contribution is -2.10. The summed E-state index contributed by atoms with van der Waals surface area (Å²) >= 11 is 6.82. The molecule has 1 saturated carbocycles. The molecule has 0 bridgehead atoms. The van der Waals surface area contributed by atoms with Crippen LogP contribution in [-0.2, 0) is 0 Å². The third-order valence-corrected chi connectivity index (χ3v) is 5.53. The summed E-state index contributed by atoms with van der Waals surface area (Å²) in [6, 6.07) is 19.3. The SMILES string of the molecule is N#C/C(=C1/C(=C(Br)c2ccccc2)/C1=C(/Br)c1ccccc1)C(F)(F)F. The van der Waals surface area contributed by atoms with Crippen molar-refractivity contribution in [1.82, 2.24) is 0 Å². The van der Waals surface area contributed by atoms with Crippen LogP contribution in [0, 0.1) is 11.3 Å². The number of alkyl halides is 3. The van der Waals surface area contributed by atoms with E-state index in [1.54, 1.807) is 48.5 Å². The van der Waals surface area contributed by atoms with Crippen LogP contribution in [0.4, 0.5) is 13.2 Å². The van der Waals surface area contributed by atoms with Crippen molar-refractivity contribution in [2.45, 2.75) is 6.18 Å². The van der Waals surface area contributed by atoms with Gasteiger partial charge in [0.1, 0.15) is 11.6 Å². The zero-order valence-electron chi connectivity index (χ0n) is 13.1. The number of allylic oxidation sites excluding steroid dienone is 4. The number of hydrogen-bond donors (Lipinski definition) is 0. The average molecular weight is 481 g/mol. The fourth-order valence-electron chi connectivity index (χ4n) is 2.60. The van der Waals surface area contributed by atoms with E-state index in [1.165, 1.54) is 6.07 Å². The third-order valence-electron chi connectivity index (χ3n) is 3.83. The number of nitrogens with zero attached hydrogens (tertiary/aromatic N) is 1. The minimum absolute atomic E-state index is 0.0774. The summed E-state index contributed by atoms with van der Waals surface area (Å²) in [5, 5.41) is 9.11. The molecule has 6 heteroatoms. The van der Waals surface area contributed by atoms with Gasteiger partial charge in [0, 0.05) is 25.7 Å². The maximum Gasteiger partial charge on any atom is 0.426 e. The van der Waals surface area contributed by atoms with Crippen LogP contribution in [0.15, 0.2) is 83.0 Å². The molecule has 1 nitrogen and oxygen atoms in total. The molecule has 0 N–H and O–H groups in total. The van der Waals surface area contributed by atoms with Crippen molar-refractivity contribution in [2.24, 2.45) is 0 Å². The summed E-state index contributed by atoms with van der Waals surface area (Å²) in [5.74, 6) is 0. The number of benzene rings is 2. The first-order valence-corrected chi connectivity index (χ1v) is 9.08. The number of halogens is 5. The van der Waals surface area contributed by atoms with Gasteiger partial charge in [-0.15, -0.1) is 0 Å². The van der Waals surface area contributed by atoms with E-state index in [2.05, 4.69) is 31.9 Å². The van der Waals surface area contributed by atoms with Gasteiger partial charge in [-0.1, -0.05) is 60.7 Å². The van der Waals surface area contributed by atoms with Crippen LogP contribution in [0.25, 0.3) is 8.96 Å². The number of rotatable bonds is 2. The fourth-order valence-corrected chi connectivity index (χ4v) is 3.92. The summed E-state index contributed by atoms with van der Waals surface area (Å²) in [4.78, 5) is 0. The van der Waals surface area contributed by atoms with Gasteiger partial charge in [0.25, 0.3) is 0 Å². The van der Waals surface area contributed by atoms with E-state index < -0.39 is 11.7 Å². The monoisotopic (exact) mass is 479 g/mol. The number of hydrogen-bond acceptors (Lipinski definition) is 1. The lowest BCUT2D eigenvalue weighted by atomic mass is 10.2. The molecule has 0 amide bonds. The molecule has 26 heavy (non-hydrogen) atoms. The van der Waals surface area contributed by atoms with E-state index in [-0.39, 0.29) is 5.57 Å². The molecular weight excluding hydrogens is 471 g/mol. The van der Waals surface area contributed by atoms with Crippen LogP contribution in [0.5, 0.6) is 0 Å². The number of nitriles is 1. The zero-order valence-corrected chi connectivity index (χ0v) is 16.3. The van der Waals surface area contributed by atoms with Gasteiger partial charge in [0.15, 0.2) is 0 Å². The van der Waals surface area contributed by atoms with Gasteiger partial charge in [0.2, 0.25) is 0 Å². The van der Waals surface area contributed by atoms with E-state index in [4.69, 9.17) is 5.26 Å². The van der Waals surface area contributed by atoms with Crippen molar-refractivity contribution in [2.75, 3.05) is 0 Å². The average Bonchev–Trinajstić information content (AvgIpc) is 3.36. The van der Waals surface area contributed by atoms with Crippen molar-refractivity contribution < 1.29 is 13.2 Å². The highest BCUT2D eigenvalue weighted by molar-refractivity contribution is 9.15. The Labute approximate surface area is 165 Å². The molecule has 3 rings (SSSR count). The van der Waals surface area contributed by atoms with E-state index >= 15 is 0 Å². The molecule has 1 aliphatic rings. The molecule has 0 aliphatic heterocycles. The Balaban J connectivity index is 2.29. The first-order chi connectivity index (χ1) is 12.4. The highest BCUT2D eigenvalue weighted by Crippen LogP contribution is 2.58. The topological polar surface area (TPSA) is 23.8 Å². The smallest absolute Gasteiger partial charge is 0.192 e. The molecular formula is C20H10Br2F3N. The van der Waals surface area contributed by atoms with Crippen LogP contribution < -0.4 is 0 Å². The first-order valence-electron chi connectivity index (χ1n) is 7.49. The van der Waals surface area contributed by atoms with Crippen LogP contribution in [0.3, 0.4) is 0 Å². The Morgan fingerprint density at radius 1 is 0.731 bits per heavy atom. The maximum absolute atomic E-state index is 13.3. The highest BCUT2D eigenvalue weighted by Gasteiger charge is 2.47. The summed E-state index contributed by atoms with van der Waals surface area (Å²) in [7, 11) is 0. The second kappa shape index (κ2) is 7.26. The van der Waals surface area contributed by atoms with Crippen LogP contribution in [-0.4, -0.2) is 6.18 Å². The van der Waals surface area contributed by atoms with E-state index in [0.717, 1.165) is 11.1 Å². The van der Waals surface area contributed by atoms with Crippen LogP contribution in [0.2, 0.25) is 0 Å². The maximum atomic E-state index is 13.3. The Hall–Kier alpha value is -2.10. The molecule has 0 heterocycles. The van der Waals surface area contributed by atoms with Gasteiger partial charge >= 0.3 is 6.18 Å². The summed E-state index contributed by atoms with van der Waals surface area (Å²) in [5.41, 5.74) is 0.988. The lowest BCUT2D eigenvalue weighted by Gasteiger charge is -2.02. The van der Waals surface area contributed by atoms with Gasteiger partial charge < -0.3 is 0 Å². The van der Waals surface area contributed by atoms with E-state index in [9.17, 15) is 13.2 Å². The predicted molar refractivity (Wildman–Crippen MR) is 103 cm³/mol. The first kappa shape index (κ1) is 18.7. The minimum atomic E-state index is -4.72. The standard InChI is InChI=1S/C20H10Br2F3N/c21-18(12-7-3-1-4-8-12)16-15(14(11-26)20(23,24)25)17(16)19(22)13-9-5-2-6-10-13/h1-10H/b15-14-,18-16+,19-17?. The molecule has 130 valence electrons. The van der Waals surface area contributed by atoms with Crippen molar-refractivity contribution in [3.8, 4) is 6.07 Å². The summed E-state index contributed by atoms with van der Waals surface area (Å²) in [6.45, 7) is 0. The highest BCUT2D eigenvalue weighted by atomic mass is 79.9. The quantitative estimate of drug-likeness (QED) is 0.424. The van der Waals surface area contributed by atoms with Crippen molar-refractivity contribution in [3.63, 3.8) is 0 Å². The largest absolute Gasteiger partial charge is 0.426 e. The second-order valence-electron chi connectivity index (χ2n) is 5.47. The fraction of sp³-hybridized carbons (Fsp3) is 0.0500. The molecule has 0 unspecified atom stereocenters. The van der Waals surface area contributed by atoms with Crippen molar-refractivity contribution in [3.05, 3.63) is 94.1 Å². The molecule has 0 atom stereocenters. The molecule has 0 radical (unpaired) electrons. The predicted octanol–water partition coefficient (Wildman–Crippen LogP) is 6.99. The van der Waals surface area contributed by atoms with E-state index in [1.807, 2.05) is 12.1 Å². The zero-order chi connectivity index (χ0) is 18.9. The van der Waals surface area contributed by atoms with Crippen molar-refractivity contribution >= 4 is 40.8 Å². The van der Waals surface area contributed by atoms with Gasteiger partial charge in [-0.3, -0.25) is 0 Å². The molecule has 0 saturated heterocycles. The normalized spacial score (nSPS) is 19.5. The molecule has 1 aliphatic carbocycles. The van der Waals surface area contributed by atoms with Crippen LogP contribution in [0.1, 0.15) is 11.1 Å². The van der Waals surface area contributed by atoms with Gasteiger partial charge in [-0.25, -0.2) is 0 Å².